The maximum atomic E-state index is 8.77. The molecule has 2 atom stereocenters. The van der Waals surface area contributed by atoms with Crippen molar-refractivity contribution in [2.75, 3.05) is 6.61 Å². The molecule has 1 rings (SSSR count). The van der Waals surface area contributed by atoms with E-state index in [0.29, 0.717) is 13.0 Å². The van der Waals surface area contributed by atoms with Crippen molar-refractivity contribution in [2.24, 2.45) is 0 Å². The van der Waals surface area contributed by atoms with Crippen LogP contribution in [0.25, 0.3) is 0 Å². The van der Waals surface area contributed by atoms with Crippen LogP contribution in [0.3, 0.4) is 0 Å². The molecule has 3 nitrogen and oxygen atoms in total. The molecule has 0 aromatic rings. The molecular formula is C4H7B2O3. The summed E-state index contributed by atoms with van der Waals surface area (Å²) in [6.07, 6.45) is -0.229. The molecule has 1 heterocycles. The molecule has 5 heteroatoms. The SMILES string of the molecule is [B]=BO[C@@H]1COC(O)C1. The first-order valence-corrected chi connectivity index (χ1v) is 2.81. The van der Waals surface area contributed by atoms with E-state index in [-0.39, 0.29) is 6.10 Å². The standard InChI is InChI=1S/C4H7B2O3/c5-6-9-3-1-4(7)8-2-3/h3-4,7H,1-2H2/t3-,4?/m0/s1. The van der Waals surface area contributed by atoms with Gasteiger partial charge in [0.25, 0.3) is 0 Å². The van der Waals surface area contributed by atoms with Gasteiger partial charge in [0.15, 0.2) is 0 Å². The third-order valence-corrected chi connectivity index (χ3v) is 1.21. The number of hydrogen-bond acceptors (Lipinski definition) is 3. The predicted octanol–water partition coefficient (Wildman–Crippen LogP) is -1.19. The summed E-state index contributed by atoms with van der Waals surface area (Å²) < 4.78 is 9.61. The molecule has 1 aliphatic rings. The maximum absolute atomic E-state index is 8.77. The van der Waals surface area contributed by atoms with Crippen molar-refractivity contribution in [1.82, 2.24) is 0 Å². The summed E-state index contributed by atoms with van der Waals surface area (Å²) in [6, 6.07) is 0. The van der Waals surface area contributed by atoms with Crippen molar-refractivity contribution in [3.63, 3.8) is 0 Å². The molecule has 0 aliphatic carbocycles. The number of aliphatic hydroxyl groups is 1. The van der Waals surface area contributed by atoms with Crippen molar-refractivity contribution in [3.05, 3.63) is 0 Å². The van der Waals surface area contributed by atoms with E-state index >= 15 is 0 Å². The topological polar surface area (TPSA) is 38.7 Å². The van der Waals surface area contributed by atoms with Crippen LogP contribution in [-0.2, 0) is 9.39 Å². The molecule has 47 valence electrons. The molecule has 0 bridgehead atoms. The summed E-state index contributed by atoms with van der Waals surface area (Å²) in [5.74, 6) is 0. The zero-order valence-corrected chi connectivity index (χ0v) is 4.99. The zero-order chi connectivity index (χ0) is 6.69. The van der Waals surface area contributed by atoms with E-state index in [9.17, 15) is 0 Å². The van der Waals surface area contributed by atoms with Crippen LogP contribution in [0, 0.1) is 0 Å². The van der Waals surface area contributed by atoms with Crippen LogP contribution in [0.5, 0.6) is 0 Å². The van der Waals surface area contributed by atoms with Gasteiger partial charge in [-0.1, -0.05) is 0 Å². The summed E-state index contributed by atoms with van der Waals surface area (Å²) in [6.45, 7) is 0.425. The van der Waals surface area contributed by atoms with E-state index in [1.165, 1.54) is 0 Å². The van der Waals surface area contributed by atoms with E-state index < -0.39 is 6.29 Å². The molecule has 9 heavy (non-hydrogen) atoms. The molecule has 1 fully saturated rings. The van der Waals surface area contributed by atoms with Gasteiger partial charge in [0, 0.05) is 0 Å². The molecule has 1 saturated heterocycles. The molecule has 0 aromatic heterocycles. The Kier molecular flexibility index (Phi) is 2.42. The van der Waals surface area contributed by atoms with Crippen LogP contribution in [-0.4, -0.2) is 38.5 Å². The van der Waals surface area contributed by atoms with Crippen LogP contribution in [0.4, 0.5) is 0 Å². The third kappa shape index (κ3) is 1.91. The Morgan fingerprint density at radius 3 is 3.00 bits per heavy atom. The fourth-order valence-corrected chi connectivity index (χ4v) is 0.785. The molecule has 1 N–H and O–H groups in total. The Morgan fingerprint density at radius 2 is 2.56 bits per heavy atom. The number of aliphatic hydroxyl groups excluding tert-OH is 1. The van der Waals surface area contributed by atoms with Gasteiger partial charge in [0.2, 0.25) is 0 Å². The average Bonchev–Trinajstić information content (AvgIpc) is 2.17. The van der Waals surface area contributed by atoms with Gasteiger partial charge < -0.3 is 0 Å². The minimum atomic E-state index is -0.671. The van der Waals surface area contributed by atoms with Crippen LogP contribution >= 0.6 is 0 Å². The summed E-state index contributed by atoms with van der Waals surface area (Å²) in [5.41, 5.74) is 0. The van der Waals surface area contributed by atoms with E-state index in [2.05, 4.69) is 0 Å². The van der Waals surface area contributed by atoms with E-state index in [0.717, 1.165) is 7.00 Å². The van der Waals surface area contributed by atoms with Crippen molar-refractivity contribution in [2.45, 2.75) is 18.8 Å². The molecule has 1 aliphatic heterocycles. The number of rotatable bonds is 2. The van der Waals surface area contributed by atoms with Gasteiger partial charge in [-0.25, -0.2) is 0 Å². The Balaban J connectivity index is 2.21. The van der Waals surface area contributed by atoms with Crippen molar-refractivity contribution >= 4 is 14.4 Å². The average molecular weight is 125 g/mol. The summed E-state index contributed by atoms with van der Waals surface area (Å²) >= 11 is 0. The minimum absolute atomic E-state index is 0.0648. The second-order valence-electron chi connectivity index (χ2n) is 1.92. The van der Waals surface area contributed by atoms with Gasteiger partial charge in [-0.3, -0.25) is 0 Å². The fraction of sp³-hybridized carbons (Fsp3) is 1.00. The van der Waals surface area contributed by atoms with Gasteiger partial charge in [-0.15, -0.1) is 0 Å². The first-order valence-electron chi connectivity index (χ1n) is 2.81. The van der Waals surface area contributed by atoms with E-state index in [1.54, 1.807) is 0 Å². The predicted molar refractivity (Wildman–Crippen MR) is 33.0 cm³/mol. The quantitative estimate of drug-likeness (QED) is 0.471. The first kappa shape index (κ1) is 6.96. The van der Waals surface area contributed by atoms with Crippen LogP contribution < -0.4 is 0 Å². The summed E-state index contributed by atoms with van der Waals surface area (Å²) in [7, 11) is 6.09. The van der Waals surface area contributed by atoms with Gasteiger partial charge in [-0.05, 0) is 0 Å². The monoisotopic (exact) mass is 125 g/mol. The van der Waals surface area contributed by atoms with Crippen molar-refractivity contribution < 1.29 is 14.5 Å². The third-order valence-electron chi connectivity index (χ3n) is 1.21. The Labute approximate surface area is 55.3 Å². The fourth-order valence-electron chi connectivity index (χ4n) is 0.785. The summed E-state index contributed by atoms with van der Waals surface area (Å²) in [4.78, 5) is 0. The first-order chi connectivity index (χ1) is 4.33. The van der Waals surface area contributed by atoms with Crippen molar-refractivity contribution in [3.8, 4) is 0 Å². The second-order valence-corrected chi connectivity index (χ2v) is 1.92. The van der Waals surface area contributed by atoms with Gasteiger partial charge in [0.05, 0.1) is 0 Å². The molecule has 0 aromatic carbocycles. The summed E-state index contributed by atoms with van der Waals surface area (Å²) in [5, 5.41) is 8.77. The van der Waals surface area contributed by atoms with Gasteiger partial charge >= 0.3 is 54.3 Å². The molecule has 1 radical (unpaired) electrons. The molecule has 1 unspecified atom stereocenters. The Morgan fingerprint density at radius 1 is 1.78 bits per heavy atom. The van der Waals surface area contributed by atoms with Gasteiger partial charge in [0.1, 0.15) is 0 Å². The van der Waals surface area contributed by atoms with Gasteiger partial charge in [-0.2, -0.15) is 0 Å². The van der Waals surface area contributed by atoms with Crippen LogP contribution in [0.15, 0.2) is 0 Å². The van der Waals surface area contributed by atoms with E-state index in [1.807, 2.05) is 0 Å². The number of ether oxygens (including phenoxy) is 1. The van der Waals surface area contributed by atoms with Crippen LogP contribution in [0.2, 0.25) is 0 Å². The molecule has 0 spiro atoms. The Bertz CT molecular complexity index is 108. The molecule has 0 amide bonds. The Hall–Kier alpha value is -0.150. The van der Waals surface area contributed by atoms with Crippen LogP contribution in [0.1, 0.15) is 6.42 Å². The zero-order valence-electron chi connectivity index (χ0n) is 4.99. The number of hydrogen-bond donors (Lipinski definition) is 1. The molecule has 0 saturated carbocycles. The second kappa shape index (κ2) is 3.13. The van der Waals surface area contributed by atoms with Crippen molar-refractivity contribution in [1.29, 1.82) is 0 Å². The van der Waals surface area contributed by atoms with E-state index in [4.69, 9.17) is 21.9 Å². The molecular weight excluding hydrogens is 118 g/mol. The normalized spacial score (nSPS) is 33.8.